The van der Waals surface area contributed by atoms with E-state index in [1.54, 1.807) is 24.1 Å². The first-order chi connectivity index (χ1) is 17.2. The molecule has 1 saturated heterocycles. The van der Waals surface area contributed by atoms with Gasteiger partial charge < -0.3 is 19.5 Å². The minimum atomic E-state index is -0.899. The zero-order chi connectivity index (χ0) is 25.6. The molecule has 3 aromatic heterocycles. The number of piperazine rings is 1. The predicted octanol–water partition coefficient (Wildman–Crippen LogP) is 4.40. The van der Waals surface area contributed by atoms with Gasteiger partial charge in [0.05, 0.1) is 40.2 Å². The number of fused-ring (bicyclic) bond motifs is 2. The highest BCUT2D eigenvalue weighted by Gasteiger charge is 2.33. The molecule has 1 fully saturated rings. The Labute approximate surface area is 213 Å². The Hall–Kier alpha value is -3.63. The number of hydrogen-bond donors (Lipinski definition) is 1. The van der Waals surface area contributed by atoms with Crippen molar-refractivity contribution in [3.63, 3.8) is 0 Å². The van der Waals surface area contributed by atoms with Crippen LogP contribution in [0.4, 0.5) is 10.5 Å². The van der Waals surface area contributed by atoms with E-state index in [4.69, 9.17) is 26.1 Å². The van der Waals surface area contributed by atoms with Gasteiger partial charge in [-0.3, -0.25) is 9.58 Å². The Kier molecular flexibility index (Phi) is 6.31. The summed E-state index contributed by atoms with van der Waals surface area (Å²) in [6.45, 7) is 5.04. The smallest absolute Gasteiger partial charge is 0.407 e. The number of methoxy groups -OCH3 is 1. The lowest BCUT2D eigenvalue weighted by molar-refractivity contribution is 0.0516. The third-order valence-corrected chi connectivity index (χ3v) is 6.75. The predicted molar refractivity (Wildman–Crippen MR) is 138 cm³/mol. The lowest BCUT2D eigenvalue weighted by atomic mass is 10.1. The van der Waals surface area contributed by atoms with Crippen LogP contribution in [-0.4, -0.2) is 74.9 Å². The molecule has 1 amide bonds. The number of carbonyl (C=O) groups is 1. The van der Waals surface area contributed by atoms with E-state index in [1.165, 1.54) is 4.90 Å². The van der Waals surface area contributed by atoms with Crippen LogP contribution in [0.3, 0.4) is 0 Å². The number of anilines is 1. The van der Waals surface area contributed by atoms with E-state index >= 15 is 0 Å². The van der Waals surface area contributed by atoms with Crippen molar-refractivity contribution < 1.29 is 19.4 Å². The van der Waals surface area contributed by atoms with E-state index < -0.39 is 6.09 Å². The molecule has 0 unspecified atom stereocenters. The van der Waals surface area contributed by atoms with E-state index in [2.05, 4.69) is 15.0 Å². The van der Waals surface area contributed by atoms with Gasteiger partial charge in [-0.1, -0.05) is 11.6 Å². The van der Waals surface area contributed by atoms with Crippen molar-refractivity contribution in [3.05, 3.63) is 41.7 Å². The van der Waals surface area contributed by atoms with E-state index in [0.29, 0.717) is 35.2 Å². The third kappa shape index (κ3) is 4.38. The minimum Gasteiger partial charge on any atom is -0.467 e. The molecule has 10 nitrogen and oxygen atoms in total. The van der Waals surface area contributed by atoms with Gasteiger partial charge in [-0.15, -0.1) is 0 Å². The number of nitrogens with zero attached hydrogens (tertiary/aromatic N) is 6. The molecule has 0 saturated carbocycles. The molecule has 1 aromatic carbocycles. The summed E-state index contributed by atoms with van der Waals surface area (Å²) in [6, 6.07) is 7.30. The standard InChI is InChI=1S/C25H27ClN6O4/c1-14-10-31(11-15(2)32(14)25(33)34)17-6-18-20(26)7-22(28-24(18)27-9-17)19-5-16-12-30(3)29-21(16)8-23(19)36-13-35-4/h5-9,12,14-15H,10-11,13H2,1-4H3,(H,33,34)/t14-,15-/m0/s1. The highest BCUT2D eigenvalue weighted by Crippen LogP contribution is 2.37. The van der Waals surface area contributed by atoms with Gasteiger partial charge in [0.2, 0.25) is 0 Å². The van der Waals surface area contributed by atoms with Gasteiger partial charge in [-0.05, 0) is 32.0 Å². The van der Waals surface area contributed by atoms with Crippen molar-refractivity contribution in [2.24, 2.45) is 7.05 Å². The lowest BCUT2D eigenvalue weighted by Gasteiger charge is -2.43. The number of carboxylic acid groups (broad SMARTS) is 1. The number of pyridine rings is 2. The average Bonchev–Trinajstić information content (AvgIpc) is 3.20. The van der Waals surface area contributed by atoms with Crippen molar-refractivity contribution in [2.75, 3.05) is 31.9 Å². The van der Waals surface area contributed by atoms with Gasteiger partial charge in [-0.25, -0.2) is 14.8 Å². The Morgan fingerprint density at radius 1 is 1.19 bits per heavy atom. The zero-order valence-electron chi connectivity index (χ0n) is 20.5. The summed E-state index contributed by atoms with van der Waals surface area (Å²) in [6.07, 6.45) is 2.79. The second-order valence-electron chi connectivity index (χ2n) is 9.11. The Morgan fingerprint density at radius 2 is 1.94 bits per heavy atom. The fraction of sp³-hybridized carbons (Fsp3) is 0.360. The minimum absolute atomic E-state index is 0.0836. The third-order valence-electron chi connectivity index (χ3n) is 6.43. The van der Waals surface area contributed by atoms with Crippen molar-refractivity contribution >= 4 is 45.3 Å². The Balaban J connectivity index is 1.52. The Bertz CT molecular complexity index is 1450. The summed E-state index contributed by atoms with van der Waals surface area (Å²) in [5, 5.41) is 16.2. The molecule has 2 atom stereocenters. The first kappa shape index (κ1) is 24.1. The van der Waals surface area contributed by atoms with E-state index in [9.17, 15) is 9.90 Å². The fourth-order valence-electron chi connectivity index (χ4n) is 4.90. The van der Waals surface area contributed by atoms with Crippen molar-refractivity contribution in [1.82, 2.24) is 24.6 Å². The maximum absolute atomic E-state index is 11.6. The van der Waals surface area contributed by atoms with Crippen LogP contribution in [0.2, 0.25) is 5.02 Å². The summed E-state index contributed by atoms with van der Waals surface area (Å²) < 4.78 is 12.7. The highest BCUT2D eigenvalue weighted by atomic mass is 35.5. The number of ether oxygens (including phenoxy) is 2. The van der Waals surface area contributed by atoms with Crippen molar-refractivity contribution in [3.8, 4) is 17.0 Å². The maximum Gasteiger partial charge on any atom is 0.407 e. The molecular formula is C25H27ClN6O4. The topological polar surface area (TPSA) is 106 Å². The lowest BCUT2D eigenvalue weighted by Crippen LogP contribution is -2.58. The fourth-order valence-corrected chi connectivity index (χ4v) is 5.14. The highest BCUT2D eigenvalue weighted by molar-refractivity contribution is 6.35. The van der Waals surface area contributed by atoms with E-state index in [0.717, 1.165) is 27.5 Å². The summed E-state index contributed by atoms with van der Waals surface area (Å²) in [4.78, 5) is 24.6. The first-order valence-corrected chi connectivity index (χ1v) is 11.9. The monoisotopic (exact) mass is 510 g/mol. The van der Waals surface area contributed by atoms with Crippen molar-refractivity contribution in [1.29, 1.82) is 0 Å². The van der Waals surface area contributed by atoms with E-state index in [-0.39, 0.29) is 18.9 Å². The number of amides is 1. The Morgan fingerprint density at radius 3 is 2.64 bits per heavy atom. The van der Waals surface area contributed by atoms with Crippen LogP contribution in [0.1, 0.15) is 13.8 Å². The quantitative estimate of drug-likeness (QED) is 0.394. The van der Waals surface area contributed by atoms with Crippen LogP contribution in [-0.2, 0) is 11.8 Å². The second-order valence-corrected chi connectivity index (χ2v) is 9.51. The zero-order valence-corrected chi connectivity index (χ0v) is 21.2. The molecule has 1 N–H and O–H groups in total. The number of halogens is 1. The van der Waals surface area contributed by atoms with E-state index in [1.807, 2.05) is 45.3 Å². The number of benzene rings is 1. The molecule has 4 heterocycles. The summed E-state index contributed by atoms with van der Waals surface area (Å²) in [7, 11) is 3.43. The normalized spacial score (nSPS) is 18.2. The molecule has 0 bridgehead atoms. The van der Waals surface area contributed by atoms with Crippen LogP contribution in [0.25, 0.3) is 33.2 Å². The number of hydrogen-bond acceptors (Lipinski definition) is 7. The second kappa shape index (κ2) is 9.44. The first-order valence-electron chi connectivity index (χ1n) is 11.6. The molecule has 36 heavy (non-hydrogen) atoms. The van der Waals surface area contributed by atoms with Crippen LogP contribution in [0.5, 0.6) is 5.75 Å². The molecule has 5 rings (SSSR count). The van der Waals surface area contributed by atoms with Crippen LogP contribution >= 0.6 is 11.6 Å². The number of aromatic nitrogens is 4. The average molecular weight is 511 g/mol. The van der Waals surface area contributed by atoms with Gasteiger partial charge in [0, 0.05) is 55.8 Å². The van der Waals surface area contributed by atoms with Gasteiger partial charge in [0.1, 0.15) is 5.75 Å². The largest absolute Gasteiger partial charge is 0.467 e. The van der Waals surface area contributed by atoms with Gasteiger partial charge in [0.15, 0.2) is 12.4 Å². The molecule has 0 aliphatic carbocycles. The van der Waals surface area contributed by atoms with Gasteiger partial charge in [-0.2, -0.15) is 5.10 Å². The summed E-state index contributed by atoms with van der Waals surface area (Å²) in [5.41, 5.74) is 3.57. The molecular weight excluding hydrogens is 484 g/mol. The molecule has 4 aromatic rings. The summed E-state index contributed by atoms with van der Waals surface area (Å²) >= 11 is 6.76. The SMILES string of the molecule is COCOc1cc2nn(C)cc2cc1-c1cc(Cl)c2cc(N3C[C@H](C)N(C(=O)O)[C@@H](C)C3)cnc2n1. The van der Waals surface area contributed by atoms with Crippen molar-refractivity contribution in [2.45, 2.75) is 25.9 Å². The molecule has 1 aliphatic heterocycles. The maximum atomic E-state index is 11.6. The molecule has 0 radical (unpaired) electrons. The van der Waals surface area contributed by atoms with Crippen LogP contribution in [0.15, 0.2) is 36.7 Å². The number of aryl methyl sites for hydroxylation is 1. The van der Waals surface area contributed by atoms with Gasteiger partial charge in [0.25, 0.3) is 0 Å². The molecule has 11 heteroatoms. The van der Waals surface area contributed by atoms with Crippen LogP contribution in [0, 0.1) is 0 Å². The molecule has 0 spiro atoms. The molecule has 188 valence electrons. The number of rotatable bonds is 5. The van der Waals surface area contributed by atoms with Crippen LogP contribution < -0.4 is 9.64 Å². The molecule has 1 aliphatic rings. The summed E-state index contributed by atoms with van der Waals surface area (Å²) in [5.74, 6) is 0.585. The van der Waals surface area contributed by atoms with Gasteiger partial charge >= 0.3 is 6.09 Å².